The van der Waals surface area contributed by atoms with Crippen molar-refractivity contribution in [3.63, 3.8) is 0 Å². The summed E-state index contributed by atoms with van der Waals surface area (Å²) in [4.78, 5) is 21.1. The van der Waals surface area contributed by atoms with Gasteiger partial charge in [0.25, 0.3) is 5.92 Å². The van der Waals surface area contributed by atoms with Gasteiger partial charge >= 0.3 is 0 Å². The molecule has 2 heterocycles. The van der Waals surface area contributed by atoms with Gasteiger partial charge in [-0.05, 0) is 19.1 Å². The highest BCUT2D eigenvalue weighted by atomic mass is 19.3. The summed E-state index contributed by atoms with van der Waals surface area (Å²) < 4.78 is 51.4. The van der Waals surface area contributed by atoms with Gasteiger partial charge < -0.3 is 14.8 Å². The molecule has 0 atom stereocenters. The van der Waals surface area contributed by atoms with Crippen molar-refractivity contribution in [1.29, 1.82) is 0 Å². The molecule has 1 aromatic carbocycles. The van der Waals surface area contributed by atoms with Crippen LogP contribution in [0, 0.1) is 6.92 Å². The molecule has 3 rings (SSSR count). The molecule has 11 heteroatoms. The highest BCUT2D eigenvalue weighted by Crippen LogP contribution is 2.32. The lowest BCUT2D eigenvalue weighted by molar-refractivity contribution is -0.120. The molecule has 1 fully saturated rings. The van der Waals surface area contributed by atoms with E-state index in [9.17, 15) is 18.0 Å². The van der Waals surface area contributed by atoms with E-state index in [2.05, 4.69) is 32.7 Å². The van der Waals surface area contributed by atoms with Gasteiger partial charge in [0, 0.05) is 25.5 Å². The molecule has 0 spiro atoms. The molecular weight excluding hydrogens is 439 g/mol. The zero-order valence-electron chi connectivity index (χ0n) is 18.4. The molecule has 178 valence electrons. The van der Waals surface area contributed by atoms with Crippen LogP contribution in [0.4, 0.5) is 24.7 Å². The number of hydrazine groups is 1. The Labute approximate surface area is 189 Å². The number of anilines is 2. The van der Waals surface area contributed by atoms with Gasteiger partial charge in [0.2, 0.25) is 5.91 Å². The molecule has 1 aliphatic rings. The molecule has 0 radical (unpaired) electrons. The van der Waals surface area contributed by atoms with Gasteiger partial charge in [0.15, 0.2) is 12.1 Å². The minimum Gasteiger partial charge on any atom is -0.355 e. The van der Waals surface area contributed by atoms with Crippen molar-refractivity contribution in [2.75, 3.05) is 30.6 Å². The standard InChI is InChI=1S/C22H26F3N5O3/c1-13(23)7-8-26-18(31)12-17-19(21-32-9-10-33-21)20(28-14(2)27-17)30-29-16-6-4-5-15(11-16)22(3,24)25/h4-6,11,21,29H,1,7-10,12H2,2-3H3,(H,26,31)(H,27,28,30). The molecule has 1 aliphatic heterocycles. The smallest absolute Gasteiger partial charge is 0.270 e. The Balaban J connectivity index is 1.83. The maximum Gasteiger partial charge on any atom is 0.270 e. The number of rotatable bonds is 10. The fraction of sp³-hybridized carbons (Fsp3) is 0.409. The van der Waals surface area contributed by atoms with Crippen LogP contribution in [0.15, 0.2) is 36.7 Å². The molecule has 1 aromatic heterocycles. The number of nitrogens with one attached hydrogen (secondary N) is 3. The predicted octanol–water partition coefficient (Wildman–Crippen LogP) is 3.91. The number of carbonyl (C=O) groups excluding carboxylic acids is 1. The Morgan fingerprint density at radius 3 is 2.64 bits per heavy atom. The van der Waals surface area contributed by atoms with Gasteiger partial charge in [-0.2, -0.15) is 0 Å². The van der Waals surface area contributed by atoms with E-state index in [0.717, 1.165) is 6.92 Å². The SMILES string of the molecule is C=C(F)CCNC(=O)Cc1nc(C)nc(NNc2cccc(C(C)(F)F)c2)c1C1OCCO1. The number of amides is 1. The normalized spacial score (nSPS) is 14.2. The van der Waals surface area contributed by atoms with Gasteiger partial charge in [0.1, 0.15) is 5.82 Å². The van der Waals surface area contributed by atoms with Crippen molar-refractivity contribution in [1.82, 2.24) is 15.3 Å². The monoisotopic (exact) mass is 465 g/mol. The van der Waals surface area contributed by atoms with Gasteiger partial charge in [0.05, 0.1) is 42.4 Å². The number of hydrogen-bond donors (Lipinski definition) is 3. The highest BCUT2D eigenvalue weighted by molar-refractivity contribution is 5.79. The average Bonchev–Trinajstić information content (AvgIpc) is 3.25. The van der Waals surface area contributed by atoms with Crippen LogP contribution < -0.4 is 16.2 Å². The van der Waals surface area contributed by atoms with E-state index in [4.69, 9.17) is 9.47 Å². The summed E-state index contributed by atoms with van der Waals surface area (Å²) in [7, 11) is 0. The summed E-state index contributed by atoms with van der Waals surface area (Å²) in [5, 5.41) is 2.61. The van der Waals surface area contributed by atoms with Crippen molar-refractivity contribution in [3.8, 4) is 0 Å². The quantitative estimate of drug-likeness (QED) is 0.458. The lowest BCUT2D eigenvalue weighted by Gasteiger charge is -2.20. The van der Waals surface area contributed by atoms with E-state index in [0.29, 0.717) is 36.0 Å². The number of alkyl halides is 2. The van der Waals surface area contributed by atoms with E-state index >= 15 is 0 Å². The number of benzene rings is 1. The van der Waals surface area contributed by atoms with Crippen LogP contribution in [-0.4, -0.2) is 35.6 Å². The first-order chi connectivity index (χ1) is 15.6. The van der Waals surface area contributed by atoms with Crippen LogP contribution in [-0.2, 0) is 26.6 Å². The Kier molecular flexibility index (Phi) is 7.88. The number of aryl methyl sites for hydroxylation is 1. The van der Waals surface area contributed by atoms with Crippen LogP contribution in [0.1, 0.15) is 42.3 Å². The van der Waals surface area contributed by atoms with Crippen LogP contribution in [0.25, 0.3) is 0 Å². The number of aromatic nitrogens is 2. The van der Waals surface area contributed by atoms with Gasteiger partial charge in [-0.25, -0.2) is 23.1 Å². The van der Waals surface area contributed by atoms with E-state index in [1.807, 2.05) is 0 Å². The largest absolute Gasteiger partial charge is 0.355 e. The number of ether oxygens (including phenoxy) is 2. The first kappa shape index (κ1) is 24.5. The predicted molar refractivity (Wildman–Crippen MR) is 116 cm³/mol. The van der Waals surface area contributed by atoms with E-state index in [1.54, 1.807) is 13.0 Å². The molecule has 33 heavy (non-hydrogen) atoms. The van der Waals surface area contributed by atoms with Crippen LogP contribution in [0.2, 0.25) is 0 Å². The molecule has 0 bridgehead atoms. The summed E-state index contributed by atoms with van der Waals surface area (Å²) in [6.07, 6.45) is -0.912. The molecule has 0 unspecified atom stereocenters. The molecule has 1 amide bonds. The maximum atomic E-state index is 13.7. The molecule has 0 aliphatic carbocycles. The number of carbonyl (C=O) groups is 1. The second-order valence-corrected chi connectivity index (χ2v) is 7.57. The first-order valence-electron chi connectivity index (χ1n) is 10.3. The highest BCUT2D eigenvalue weighted by Gasteiger charge is 2.28. The Morgan fingerprint density at radius 1 is 1.24 bits per heavy atom. The Morgan fingerprint density at radius 2 is 1.97 bits per heavy atom. The van der Waals surface area contributed by atoms with Crippen molar-refractivity contribution >= 4 is 17.4 Å². The molecular formula is C22H26F3N5O3. The average molecular weight is 465 g/mol. The van der Waals surface area contributed by atoms with E-state index in [-0.39, 0.29) is 36.7 Å². The maximum absolute atomic E-state index is 13.7. The first-order valence-corrected chi connectivity index (χ1v) is 10.3. The zero-order chi connectivity index (χ0) is 24.0. The second kappa shape index (κ2) is 10.6. The summed E-state index contributed by atoms with van der Waals surface area (Å²) in [5.74, 6) is -3.23. The van der Waals surface area contributed by atoms with Crippen LogP contribution in [0.5, 0.6) is 0 Å². The van der Waals surface area contributed by atoms with Gasteiger partial charge in [-0.1, -0.05) is 18.7 Å². The summed E-state index contributed by atoms with van der Waals surface area (Å²) in [6.45, 7) is 6.44. The fourth-order valence-corrected chi connectivity index (χ4v) is 3.20. The van der Waals surface area contributed by atoms with Crippen molar-refractivity contribution < 1.29 is 27.4 Å². The number of halogens is 3. The fourth-order valence-electron chi connectivity index (χ4n) is 3.20. The van der Waals surface area contributed by atoms with Gasteiger partial charge in [-0.15, -0.1) is 0 Å². The Hall–Kier alpha value is -3.18. The van der Waals surface area contributed by atoms with Gasteiger partial charge in [-0.3, -0.25) is 15.6 Å². The number of hydrogen-bond acceptors (Lipinski definition) is 7. The molecule has 8 nitrogen and oxygen atoms in total. The third-order valence-electron chi connectivity index (χ3n) is 4.74. The topological polar surface area (TPSA) is 97.4 Å². The summed E-state index contributed by atoms with van der Waals surface area (Å²) in [6, 6.07) is 5.77. The van der Waals surface area contributed by atoms with Crippen LogP contribution >= 0.6 is 0 Å². The van der Waals surface area contributed by atoms with Crippen molar-refractivity contribution in [2.45, 2.75) is 38.9 Å². The third-order valence-corrected chi connectivity index (χ3v) is 4.74. The van der Waals surface area contributed by atoms with Crippen molar-refractivity contribution in [2.24, 2.45) is 0 Å². The van der Waals surface area contributed by atoms with Crippen molar-refractivity contribution in [3.05, 3.63) is 59.3 Å². The number of nitrogens with zero attached hydrogens (tertiary/aromatic N) is 2. The minimum atomic E-state index is -2.99. The molecule has 2 aromatic rings. The minimum absolute atomic E-state index is 0.0167. The van der Waals surface area contributed by atoms with E-state index < -0.39 is 18.0 Å². The molecule has 0 saturated carbocycles. The summed E-state index contributed by atoms with van der Waals surface area (Å²) in [5.41, 5.74) is 6.76. The van der Waals surface area contributed by atoms with E-state index in [1.165, 1.54) is 18.2 Å². The lowest BCUT2D eigenvalue weighted by Crippen LogP contribution is -2.28. The lowest BCUT2D eigenvalue weighted by atomic mass is 10.1. The summed E-state index contributed by atoms with van der Waals surface area (Å²) >= 11 is 0. The van der Waals surface area contributed by atoms with Crippen LogP contribution in [0.3, 0.4) is 0 Å². The Bertz CT molecular complexity index is 1010. The zero-order valence-corrected chi connectivity index (χ0v) is 18.4. The second-order valence-electron chi connectivity index (χ2n) is 7.57. The molecule has 3 N–H and O–H groups in total. The molecule has 1 saturated heterocycles. The third kappa shape index (κ3) is 6.90.